The van der Waals surface area contributed by atoms with Gasteiger partial charge >= 0.3 is 0 Å². The molecule has 1 aromatic rings. The Kier molecular flexibility index (Phi) is 4.90. The summed E-state index contributed by atoms with van der Waals surface area (Å²) in [6, 6.07) is 7.24. The second-order valence-corrected chi connectivity index (χ2v) is 4.61. The molecule has 1 heterocycles. The highest BCUT2D eigenvalue weighted by molar-refractivity contribution is 5.96. The van der Waals surface area contributed by atoms with Gasteiger partial charge in [0.05, 0.1) is 25.9 Å². The lowest BCUT2D eigenvalue weighted by Crippen LogP contribution is -2.50. The number of aliphatic hydroxyl groups excluding tert-OH is 1. The fourth-order valence-electron chi connectivity index (χ4n) is 2.33. The van der Waals surface area contributed by atoms with Crippen molar-refractivity contribution >= 4 is 5.91 Å². The maximum Gasteiger partial charge on any atom is 0.254 e. The normalized spacial score (nSPS) is 19.5. The summed E-state index contributed by atoms with van der Waals surface area (Å²) in [5.74, 6) is -0.0496. The van der Waals surface area contributed by atoms with Gasteiger partial charge in [0.2, 0.25) is 0 Å². The molecule has 5 heteroatoms. The number of nitrogens with zero attached hydrogens (tertiary/aromatic N) is 1. The van der Waals surface area contributed by atoms with Crippen molar-refractivity contribution in [3.63, 3.8) is 0 Å². The van der Waals surface area contributed by atoms with Crippen molar-refractivity contribution in [3.8, 4) is 0 Å². The molecule has 1 aliphatic rings. The third-order valence-electron chi connectivity index (χ3n) is 3.36. The molecule has 0 radical (unpaired) electrons. The molecule has 1 atom stereocenters. The van der Waals surface area contributed by atoms with Gasteiger partial charge in [0, 0.05) is 12.1 Å². The smallest absolute Gasteiger partial charge is 0.254 e. The first-order valence-corrected chi connectivity index (χ1v) is 6.55. The number of nitrogens with two attached hydrogens (primary N) is 1. The summed E-state index contributed by atoms with van der Waals surface area (Å²) in [5, 5.41) is 9.34. The van der Waals surface area contributed by atoms with Crippen LogP contribution in [0.4, 0.5) is 0 Å². The summed E-state index contributed by atoms with van der Waals surface area (Å²) < 4.78 is 5.29. The molecule has 1 amide bonds. The molecule has 1 aliphatic heterocycles. The van der Waals surface area contributed by atoms with Crippen molar-refractivity contribution in [1.29, 1.82) is 0 Å². The van der Waals surface area contributed by atoms with Crippen molar-refractivity contribution < 1.29 is 14.6 Å². The maximum absolute atomic E-state index is 12.6. The Morgan fingerprint density at radius 3 is 3.00 bits per heavy atom. The van der Waals surface area contributed by atoms with E-state index in [1.54, 1.807) is 4.90 Å². The topological polar surface area (TPSA) is 75.8 Å². The number of ether oxygens (including phenoxy) is 1. The van der Waals surface area contributed by atoms with Crippen molar-refractivity contribution in [1.82, 2.24) is 4.90 Å². The fourth-order valence-corrected chi connectivity index (χ4v) is 2.33. The molecule has 1 saturated heterocycles. The van der Waals surface area contributed by atoms with Crippen LogP contribution in [0.2, 0.25) is 0 Å². The van der Waals surface area contributed by atoms with E-state index in [0.717, 1.165) is 5.56 Å². The van der Waals surface area contributed by atoms with E-state index in [9.17, 15) is 9.90 Å². The molecular weight excluding hydrogens is 244 g/mol. The molecule has 3 N–H and O–H groups in total. The van der Waals surface area contributed by atoms with E-state index >= 15 is 0 Å². The quantitative estimate of drug-likeness (QED) is 0.804. The largest absolute Gasteiger partial charge is 0.394 e. The van der Waals surface area contributed by atoms with E-state index < -0.39 is 0 Å². The molecule has 2 rings (SSSR count). The molecule has 19 heavy (non-hydrogen) atoms. The number of morpholine rings is 1. The molecular formula is C14H20N2O3. The Bertz CT molecular complexity index is 436. The van der Waals surface area contributed by atoms with Gasteiger partial charge in [-0.1, -0.05) is 18.2 Å². The Balaban J connectivity index is 2.22. The van der Waals surface area contributed by atoms with Gasteiger partial charge in [0.15, 0.2) is 0 Å². The summed E-state index contributed by atoms with van der Waals surface area (Å²) in [7, 11) is 0. The first kappa shape index (κ1) is 14.0. The first-order chi connectivity index (χ1) is 9.27. The number of aliphatic hydroxyl groups is 1. The third kappa shape index (κ3) is 3.12. The van der Waals surface area contributed by atoms with Crippen molar-refractivity contribution in [2.45, 2.75) is 12.5 Å². The van der Waals surface area contributed by atoms with Crippen molar-refractivity contribution in [3.05, 3.63) is 35.4 Å². The van der Waals surface area contributed by atoms with E-state index in [1.165, 1.54) is 0 Å². The Labute approximate surface area is 113 Å². The zero-order chi connectivity index (χ0) is 13.7. The highest BCUT2D eigenvalue weighted by atomic mass is 16.5. The third-order valence-corrected chi connectivity index (χ3v) is 3.36. The van der Waals surface area contributed by atoms with Crippen LogP contribution in [0.15, 0.2) is 24.3 Å². The molecule has 0 aliphatic carbocycles. The van der Waals surface area contributed by atoms with E-state index in [0.29, 0.717) is 38.3 Å². The monoisotopic (exact) mass is 264 g/mol. The highest BCUT2D eigenvalue weighted by Crippen LogP contribution is 2.16. The number of hydrogen-bond donors (Lipinski definition) is 2. The van der Waals surface area contributed by atoms with Gasteiger partial charge in [0.1, 0.15) is 0 Å². The lowest BCUT2D eigenvalue weighted by molar-refractivity contribution is -0.0184. The van der Waals surface area contributed by atoms with E-state index in [1.807, 2.05) is 24.3 Å². The summed E-state index contributed by atoms with van der Waals surface area (Å²) in [6.45, 7) is 1.85. The number of hydrogen-bond acceptors (Lipinski definition) is 4. The second-order valence-electron chi connectivity index (χ2n) is 4.61. The second kappa shape index (κ2) is 6.65. The molecule has 0 aromatic heterocycles. The van der Waals surface area contributed by atoms with Crippen LogP contribution in [0.5, 0.6) is 0 Å². The van der Waals surface area contributed by atoms with Gasteiger partial charge in [-0.25, -0.2) is 0 Å². The number of carbonyl (C=O) groups is 1. The van der Waals surface area contributed by atoms with Gasteiger partial charge in [-0.3, -0.25) is 4.79 Å². The molecule has 0 bridgehead atoms. The minimum atomic E-state index is -0.257. The van der Waals surface area contributed by atoms with Gasteiger partial charge in [0.25, 0.3) is 5.91 Å². The molecule has 1 unspecified atom stereocenters. The van der Waals surface area contributed by atoms with Crippen LogP contribution in [0.3, 0.4) is 0 Å². The molecule has 0 saturated carbocycles. The van der Waals surface area contributed by atoms with Crippen LogP contribution in [0, 0.1) is 0 Å². The Hall–Kier alpha value is -1.43. The number of carbonyl (C=O) groups excluding carboxylic acids is 1. The molecule has 1 fully saturated rings. The average Bonchev–Trinajstić information content (AvgIpc) is 2.47. The van der Waals surface area contributed by atoms with Gasteiger partial charge in [-0.2, -0.15) is 0 Å². The van der Waals surface area contributed by atoms with Crippen LogP contribution in [0.25, 0.3) is 0 Å². The molecule has 5 nitrogen and oxygen atoms in total. The summed E-state index contributed by atoms with van der Waals surface area (Å²) in [5.41, 5.74) is 7.21. The lowest BCUT2D eigenvalue weighted by atomic mass is 10.0. The fraction of sp³-hybridized carbons (Fsp3) is 0.500. The van der Waals surface area contributed by atoms with E-state index in [-0.39, 0.29) is 18.6 Å². The van der Waals surface area contributed by atoms with Crippen LogP contribution < -0.4 is 5.73 Å². The number of amides is 1. The predicted molar refractivity (Wildman–Crippen MR) is 71.9 cm³/mol. The molecule has 1 aromatic carbocycles. The lowest BCUT2D eigenvalue weighted by Gasteiger charge is -2.34. The highest BCUT2D eigenvalue weighted by Gasteiger charge is 2.28. The minimum Gasteiger partial charge on any atom is -0.394 e. The van der Waals surface area contributed by atoms with Crippen molar-refractivity contribution in [2.24, 2.45) is 5.73 Å². The maximum atomic E-state index is 12.6. The predicted octanol–water partition coefficient (Wildman–Crippen LogP) is 0.0211. The van der Waals surface area contributed by atoms with E-state index in [2.05, 4.69) is 0 Å². The zero-order valence-corrected chi connectivity index (χ0v) is 10.9. The Morgan fingerprint density at radius 1 is 1.47 bits per heavy atom. The zero-order valence-electron chi connectivity index (χ0n) is 10.9. The first-order valence-electron chi connectivity index (χ1n) is 6.55. The standard InChI is InChI=1S/C14H20N2O3/c15-6-5-11-3-1-2-4-13(11)14(18)16-7-8-19-10-12(16)9-17/h1-4,12,17H,5-10,15H2. The molecule has 104 valence electrons. The van der Waals surface area contributed by atoms with Gasteiger partial charge in [-0.05, 0) is 24.6 Å². The SMILES string of the molecule is NCCc1ccccc1C(=O)N1CCOCC1CO. The summed E-state index contributed by atoms with van der Waals surface area (Å²) in [4.78, 5) is 14.3. The average molecular weight is 264 g/mol. The van der Waals surface area contributed by atoms with E-state index in [4.69, 9.17) is 10.5 Å². The van der Waals surface area contributed by atoms with Crippen LogP contribution in [-0.2, 0) is 11.2 Å². The minimum absolute atomic E-state index is 0.0496. The number of benzene rings is 1. The van der Waals surface area contributed by atoms with Gasteiger partial charge in [-0.15, -0.1) is 0 Å². The van der Waals surface area contributed by atoms with Crippen LogP contribution in [-0.4, -0.2) is 54.9 Å². The van der Waals surface area contributed by atoms with Crippen LogP contribution >= 0.6 is 0 Å². The summed E-state index contributed by atoms with van der Waals surface area (Å²) >= 11 is 0. The van der Waals surface area contributed by atoms with Gasteiger partial charge < -0.3 is 20.5 Å². The Morgan fingerprint density at radius 2 is 2.26 bits per heavy atom. The van der Waals surface area contributed by atoms with Crippen LogP contribution in [0.1, 0.15) is 15.9 Å². The molecule has 0 spiro atoms. The summed E-state index contributed by atoms with van der Waals surface area (Å²) in [6.07, 6.45) is 0.677. The van der Waals surface area contributed by atoms with Crippen molar-refractivity contribution in [2.75, 3.05) is 32.9 Å². The number of rotatable bonds is 4.